The molecule has 20 heavy (non-hydrogen) atoms. The van der Waals surface area contributed by atoms with Crippen LogP contribution in [0.2, 0.25) is 0 Å². The minimum atomic E-state index is -0.720. The highest BCUT2D eigenvalue weighted by Gasteiger charge is 2.26. The fourth-order valence-electron chi connectivity index (χ4n) is 2.29. The second-order valence-corrected chi connectivity index (χ2v) is 4.82. The van der Waals surface area contributed by atoms with Crippen molar-refractivity contribution in [3.8, 4) is 0 Å². The van der Waals surface area contributed by atoms with Crippen LogP contribution in [-0.2, 0) is 9.53 Å². The van der Waals surface area contributed by atoms with Crippen LogP contribution >= 0.6 is 0 Å². The van der Waals surface area contributed by atoms with Crippen molar-refractivity contribution in [2.24, 2.45) is 5.92 Å². The normalized spacial score (nSPS) is 22.1. The van der Waals surface area contributed by atoms with Gasteiger partial charge in [0.2, 0.25) is 5.95 Å². The summed E-state index contributed by atoms with van der Waals surface area (Å²) in [5.41, 5.74) is 0.299. The lowest BCUT2D eigenvalue weighted by Crippen LogP contribution is -2.29. The topological polar surface area (TPSA) is 101 Å². The highest BCUT2D eigenvalue weighted by molar-refractivity contribution is 5.88. The molecule has 2 rings (SSSR count). The van der Waals surface area contributed by atoms with Gasteiger partial charge >= 0.3 is 11.9 Å². The number of carbonyl (C=O) groups is 2. The number of nitrogens with one attached hydrogen (secondary N) is 1. The molecule has 0 amide bonds. The summed E-state index contributed by atoms with van der Waals surface area (Å²) >= 11 is 0. The minimum Gasteiger partial charge on any atom is -0.481 e. The summed E-state index contributed by atoms with van der Waals surface area (Å²) in [6.07, 6.45) is 5.69. The summed E-state index contributed by atoms with van der Waals surface area (Å²) in [6.45, 7) is 0. The molecular weight excluding hydrogens is 262 g/mol. The van der Waals surface area contributed by atoms with Crippen molar-refractivity contribution in [2.75, 3.05) is 12.4 Å². The fourth-order valence-corrected chi connectivity index (χ4v) is 2.29. The quantitative estimate of drug-likeness (QED) is 0.801. The predicted octanol–water partition coefficient (Wildman–Crippen LogP) is 1.32. The number of hydrogen-bond acceptors (Lipinski definition) is 6. The van der Waals surface area contributed by atoms with Crippen molar-refractivity contribution >= 4 is 17.9 Å². The standard InChI is InChI=1S/C13H17N3O4/c1-20-12(19)9-6-14-13(15-7-9)16-10-4-2-8(3-5-10)11(17)18/h6-8,10H,2-5H2,1H3,(H,17,18)(H,14,15,16). The Hall–Kier alpha value is -2.18. The molecule has 1 saturated carbocycles. The van der Waals surface area contributed by atoms with Crippen molar-refractivity contribution in [1.82, 2.24) is 9.97 Å². The molecule has 1 aromatic rings. The Morgan fingerprint density at radius 2 is 1.85 bits per heavy atom. The number of carboxylic acid groups (broad SMARTS) is 1. The van der Waals surface area contributed by atoms with Crippen LogP contribution in [0.15, 0.2) is 12.4 Å². The summed E-state index contributed by atoms with van der Waals surface area (Å²) < 4.78 is 4.57. The van der Waals surface area contributed by atoms with Crippen molar-refractivity contribution in [1.29, 1.82) is 0 Å². The van der Waals surface area contributed by atoms with Crippen LogP contribution in [0.1, 0.15) is 36.0 Å². The average Bonchev–Trinajstić information content (AvgIpc) is 2.48. The SMILES string of the molecule is COC(=O)c1cnc(NC2CCC(C(=O)O)CC2)nc1. The number of methoxy groups -OCH3 is 1. The van der Waals surface area contributed by atoms with E-state index in [-0.39, 0.29) is 12.0 Å². The monoisotopic (exact) mass is 279 g/mol. The highest BCUT2D eigenvalue weighted by Crippen LogP contribution is 2.25. The van der Waals surface area contributed by atoms with E-state index in [0.717, 1.165) is 12.8 Å². The number of nitrogens with zero attached hydrogens (tertiary/aromatic N) is 2. The van der Waals surface area contributed by atoms with Gasteiger partial charge in [0, 0.05) is 18.4 Å². The largest absolute Gasteiger partial charge is 0.481 e. The first-order chi connectivity index (χ1) is 9.60. The summed E-state index contributed by atoms with van der Waals surface area (Å²) in [7, 11) is 1.30. The van der Waals surface area contributed by atoms with Gasteiger partial charge in [-0.3, -0.25) is 4.79 Å². The number of carboxylic acids is 1. The molecule has 1 fully saturated rings. The summed E-state index contributed by atoms with van der Waals surface area (Å²) in [6, 6.07) is 0.176. The third kappa shape index (κ3) is 3.43. The first-order valence-electron chi connectivity index (χ1n) is 6.50. The van der Waals surface area contributed by atoms with Crippen LogP contribution in [-0.4, -0.2) is 40.2 Å². The molecule has 0 aromatic carbocycles. The van der Waals surface area contributed by atoms with Crippen molar-refractivity contribution in [3.05, 3.63) is 18.0 Å². The predicted molar refractivity (Wildman–Crippen MR) is 70.4 cm³/mol. The van der Waals surface area contributed by atoms with Crippen LogP contribution < -0.4 is 5.32 Å². The van der Waals surface area contributed by atoms with Crippen molar-refractivity contribution in [2.45, 2.75) is 31.7 Å². The van der Waals surface area contributed by atoms with Crippen molar-refractivity contribution in [3.63, 3.8) is 0 Å². The van der Waals surface area contributed by atoms with Crippen LogP contribution in [0, 0.1) is 5.92 Å². The number of aromatic nitrogens is 2. The Bertz CT molecular complexity index is 481. The lowest BCUT2D eigenvalue weighted by molar-refractivity contribution is -0.142. The molecule has 1 aliphatic rings. The van der Waals surface area contributed by atoms with Crippen LogP contribution in [0.4, 0.5) is 5.95 Å². The van der Waals surface area contributed by atoms with Gasteiger partial charge in [0.15, 0.2) is 0 Å². The van der Waals surface area contributed by atoms with Gasteiger partial charge in [-0.1, -0.05) is 0 Å². The zero-order chi connectivity index (χ0) is 14.5. The number of esters is 1. The molecule has 2 N–H and O–H groups in total. The molecule has 0 unspecified atom stereocenters. The van der Waals surface area contributed by atoms with Gasteiger partial charge in [-0.05, 0) is 25.7 Å². The van der Waals surface area contributed by atoms with E-state index < -0.39 is 11.9 Å². The molecule has 7 heteroatoms. The van der Waals surface area contributed by atoms with Crippen molar-refractivity contribution < 1.29 is 19.4 Å². The number of anilines is 1. The van der Waals surface area contributed by atoms with Crippen LogP contribution in [0.25, 0.3) is 0 Å². The summed E-state index contributed by atoms with van der Waals surface area (Å²) in [4.78, 5) is 30.2. The number of hydrogen-bond donors (Lipinski definition) is 2. The molecule has 1 heterocycles. The van der Waals surface area contributed by atoms with E-state index in [1.165, 1.54) is 19.5 Å². The van der Waals surface area contributed by atoms with Gasteiger partial charge in [0.05, 0.1) is 18.6 Å². The molecule has 0 aliphatic heterocycles. The molecule has 108 valence electrons. The number of rotatable bonds is 4. The van der Waals surface area contributed by atoms with E-state index >= 15 is 0 Å². The maximum Gasteiger partial charge on any atom is 0.341 e. The minimum absolute atomic E-state index is 0.176. The lowest BCUT2D eigenvalue weighted by atomic mass is 9.86. The van der Waals surface area contributed by atoms with E-state index in [2.05, 4.69) is 20.0 Å². The molecule has 0 saturated heterocycles. The van der Waals surface area contributed by atoms with Gasteiger partial charge in [0.25, 0.3) is 0 Å². The van der Waals surface area contributed by atoms with Gasteiger partial charge in [0.1, 0.15) is 0 Å². The van der Waals surface area contributed by atoms with Crippen LogP contribution in [0.5, 0.6) is 0 Å². The lowest BCUT2D eigenvalue weighted by Gasteiger charge is -2.26. The molecule has 0 atom stereocenters. The molecular formula is C13H17N3O4. The Morgan fingerprint density at radius 1 is 1.25 bits per heavy atom. The maximum atomic E-state index is 11.2. The Kier molecular flexibility index (Phi) is 4.49. The maximum absolute atomic E-state index is 11.2. The fraction of sp³-hybridized carbons (Fsp3) is 0.538. The smallest absolute Gasteiger partial charge is 0.341 e. The second kappa shape index (κ2) is 6.31. The van der Waals surface area contributed by atoms with Gasteiger partial charge in [-0.2, -0.15) is 0 Å². The molecule has 7 nitrogen and oxygen atoms in total. The van der Waals surface area contributed by atoms with Crippen LogP contribution in [0.3, 0.4) is 0 Å². The Balaban J connectivity index is 1.88. The Morgan fingerprint density at radius 3 is 2.35 bits per heavy atom. The highest BCUT2D eigenvalue weighted by atomic mass is 16.5. The summed E-state index contributed by atoms with van der Waals surface area (Å²) in [5.74, 6) is -0.993. The van der Waals surface area contributed by atoms with Gasteiger partial charge in [-0.15, -0.1) is 0 Å². The van der Waals surface area contributed by atoms with E-state index in [1.807, 2.05) is 0 Å². The molecule has 0 spiro atoms. The summed E-state index contributed by atoms with van der Waals surface area (Å²) in [5, 5.41) is 12.1. The third-order valence-electron chi connectivity index (χ3n) is 3.48. The van der Waals surface area contributed by atoms with E-state index in [9.17, 15) is 9.59 Å². The Labute approximate surface area is 116 Å². The van der Waals surface area contributed by atoms with E-state index in [0.29, 0.717) is 24.4 Å². The van der Waals surface area contributed by atoms with E-state index in [1.54, 1.807) is 0 Å². The zero-order valence-corrected chi connectivity index (χ0v) is 11.2. The molecule has 0 radical (unpaired) electrons. The third-order valence-corrected chi connectivity index (χ3v) is 3.48. The molecule has 1 aliphatic carbocycles. The molecule has 0 bridgehead atoms. The van der Waals surface area contributed by atoms with Gasteiger partial charge < -0.3 is 15.2 Å². The zero-order valence-electron chi connectivity index (χ0n) is 11.2. The first-order valence-corrected chi connectivity index (χ1v) is 6.50. The number of ether oxygens (including phenoxy) is 1. The second-order valence-electron chi connectivity index (χ2n) is 4.82. The van der Waals surface area contributed by atoms with Gasteiger partial charge in [-0.25, -0.2) is 14.8 Å². The first kappa shape index (κ1) is 14.2. The number of aliphatic carboxylic acids is 1. The number of carbonyl (C=O) groups excluding carboxylic acids is 1. The average molecular weight is 279 g/mol. The molecule has 1 aromatic heterocycles. The van der Waals surface area contributed by atoms with E-state index in [4.69, 9.17) is 5.11 Å².